The third-order valence-corrected chi connectivity index (χ3v) is 2.95. The zero-order valence-electron chi connectivity index (χ0n) is 9.88. The molecule has 1 heterocycles. The third kappa shape index (κ3) is 3.29. The number of hydrogen-bond donors (Lipinski definition) is 1. The van der Waals surface area contributed by atoms with Crippen molar-refractivity contribution < 1.29 is 17.9 Å². The molecule has 0 aliphatic carbocycles. The first-order valence-corrected chi connectivity index (χ1v) is 5.50. The zero-order chi connectivity index (χ0) is 12.5. The van der Waals surface area contributed by atoms with Crippen molar-refractivity contribution in [2.75, 3.05) is 13.7 Å². The lowest BCUT2D eigenvalue weighted by Gasteiger charge is -2.15. The van der Waals surface area contributed by atoms with Gasteiger partial charge in [-0.05, 0) is 43.1 Å². The normalized spacial score (nSPS) is 19.4. The van der Waals surface area contributed by atoms with E-state index < -0.39 is 11.7 Å². The summed E-state index contributed by atoms with van der Waals surface area (Å²) in [4.78, 5) is 0. The average Bonchev–Trinajstić information content (AvgIpc) is 2.80. The van der Waals surface area contributed by atoms with Gasteiger partial charge in [0.25, 0.3) is 0 Å². The van der Waals surface area contributed by atoms with E-state index in [1.807, 2.05) is 0 Å². The number of hydrogen-bond acceptors (Lipinski definition) is 2. The van der Waals surface area contributed by atoms with E-state index in [1.54, 1.807) is 6.07 Å². The Kier molecular flexibility index (Phi) is 4.87. The van der Waals surface area contributed by atoms with Gasteiger partial charge in [-0.2, -0.15) is 13.2 Å². The Morgan fingerprint density at radius 2 is 2.00 bits per heavy atom. The van der Waals surface area contributed by atoms with Gasteiger partial charge in [-0.3, -0.25) is 0 Å². The van der Waals surface area contributed by atoms with Gasteiger partial charge in [0, 0.05) is 6.04 Å². The van der Waals surface area contributed by atoms with Crippen molar-refractivity contribution in [3.05, 3.63) is 29.3 Å². The highest BCUT2D eigenvalue weighted by Gasteiger charge is 2.32. The SMILES string of the molecule is COc1cc([C@@H]2CCCN2)cc(C(F)(F)F)c1.Cl. The number of nitrogens with one attached hydrogen (secondary N) is 1. The molecular weight excluding hydrogens is 267 g/mol. The summed E-state index contributed by atoms with van der Waals surface area (Å²) in [5.74, 6) is 0.253. The van der Waals surface area contributed by atoms with Crippen LogP contribution in [0.4, 0.5) is 13.2 Å². The van der Waals surface area contributed by atoms with Gasteiger partial charge in [-0.1, -0.05) is 0 Å². The molecule has 0 aromatic heterocycles. The Bertz CT molecular complexity index is 403. The van der Waals surface area contributed by atoms with E-state index in [0.717, 1.165) is 25.5 Å². The first-order chi connectivity index (χ1) is 8.00. The van der Waals surface area contributed by atoms with Gasteiger partial charge in [0.15, 0.2) is 0 Å². The van der Waals surface area contributed by atoms with Gasteiger partial charge < -0.3 is 10.1 Å². The van der Waals surface area contributed by atoms with Crippen LogP contribution in [0.3, 0.4) is 0 Å². The van der Waals surface area contributed by atoms with E-state index in [0.29, 0.717) is 5.56 Å². The van der Waals surface area contributed by atoms with Gasteiger partial charge in [-0.15, -0.1) is 12.4 Å². The minimum Gasteiger partial charge on any atom is -0.497 e. The molecule has 6 heteroatoms. The highest BCUT2D eigenvalue weighted by atomic mass is 35.5. The van der Waals surface area contributed by atoms with Crippen molar-refractivity contribution in [1.82, 2.24) is 5.32 Å². The first kappa shape index (κ1) is 15.1. The maximum absolute atomic E-state index is 12.7. The molecule has 2 nitrogen and oxygen atoms in total. The summed E-state index contributed by atoms with van der Waals surface area (Å²) in [5, 5.41) is 3.18. The van der Waals surface area contributed by atoms with Crippen LogP contribution in [0.1, 0.15) is 30.0 Å². The quantitative estimate of drug-likeness (QED) is 0.895. The van der Waals surface area contributed by atoms with Gasteiger partial charge >= 0.3 is 6.18 Å². The van der Waals surface area contributed by atoms with Crippen LogP contribution in [-0.4, -0.2) is 13.7 Å². The molecule has 1 atom stereocenters. The van der Waals surface area contributed by atoms with Gasteiger partial charge in [0.05, 0.1) is 12.7 Å². The van der Waals surface area contributed by atoms with E-state index in [1.165, 1.54) is 13.2 Å². The van der Waals surface area contributed by atoms with Crippen LogP contribution in [-0.2, 0) is 6.18 Å². The maximum Gasteiger partial charge on any atom is 0.416 e. The molecule has 1 aliphatic heterocycles. The second-order valence-corrected chi connectivity index (χ2v) is 4.14. The molecule has 1 aromatic carbocycles. The van der Waals surface area contributed by atoms with Crippen molar-refractivity contribution in [3.8, 4) is 5.75 Å². The predicted octanol–water partition coefficient (Wildman–Crippen LogP) is 3.56. The number of benzene rings is 1. The molecule has 0 saturated carbocycles. The molecule has 102 valence electrons. The van der Waals surface area contributed by atoms with Crippen molar-refractivity contribution >= 4 is 12.4 Å². The summed E-state index contributed by atoms with van der Waals surface area (Å²) in [6.07, 6.45) is -2.48. The molecule has 1 saturated heterocycles. The van der Waals surface area contributed by atoms with Crippen molar-refractivity contribution in [2.45, 2.75) is 25.1 Å². The standard InChI is InChI=1S/C12H14F3NO.ClH/c1-17-10-6-8(11-3-2-4-16-11)5-9(7-10)12(13,14)15;/h5-7,11,16H,2-4H2,1H3;1H/t11-;/m0./s1. The van der Waals surface area contributed by atoms with Crippen LogP contribution >= 0.6 is 12.4 Å². The number of rotatable bonds is 2. The first-order valence-electron chi connectivity index (χ1n) is 5.50. The largest absolute Gasteiger partial charge is 0.497 e. The number of methoxy groups -OCH3 is 1. The molecule has 1 aliphatic rings. The summed E-state index contributed by atoms with van der Waals surface area (Å²) >= 11 is 0. The Balaban J connectivity index is 0.00000162. The molecule has 0 amide bonds. The fourth-order valence-electron chi connectivity index (χ4n) is 2.07. The van der Waals surface area contributed by atoms with Crippen LogP contribution < -0.4 is 10.1 Å². The molecule has 0 radical (unpaired) electrons. The van der Waals surface area contributed by atoms with Crippen LogP contribution in [0.25, 0.3) is 0 Å². The second kappa shape index (κ2) is 5.80. The van der Waals surface area contributed by atoms with Crippen LogP contribution in [0.15, 0.2) is 18.2 Å². The molecule has 18 heavy (non-hydrogen) atoms. The van der Waals surface area contributed by atoms with Gasteiger partial charge in [-0.25, -0.2) is 0 Å². The zero-order valence-corrected chi connectivity index (χ0v) is 10.7. The fourth-order valence-corrected chi connectivity index (χ4v) is 2.07. The lowest BCUT2D eigenvalue weighted by molar-refractivity contribution is -0.137. The van der Waals surface area contributed by atoms with E-state index in [9.17, 15) is 13.2 Å². The molecular formula is C12H15ClF3NO. The molecule has 1 aromatic rings. The highest BCUT2D eigenvalue weighted by molar-refractivity contribution is 5.85. The molecule has 0 bridgehead atoms. The predicted molar refractivity (Wildman–Crippen MR) is 65.2 cm³/mol. The third-order valence-electron chi connectivity index (χ3n) is 2.95. The molecule has 2 rings (SSSR count). The van der Waals surface area contributed by atoms with E-state index in [-0.39, 0.29) is 24.2 Å². The summed E-state index contributed by atoms with van der Waals surface area (Å²) in [6, 6.07) is 3.90. The number of halogens is 4. The van der Waals surface area contributed by atoms with Crippen molar-refractivity contribution in [1.29, 1.82) is 0 Å². The molecule has 0 spiro atoms. The van der Waals surface area contributed by atoms with Crippen molar-refractivity contribution in [3.63, 3.8) is 0 Å². The van der Waals surface area contributed by atoms with E-state index in [2.05, 4.69) is 5.32 Å². The maximum atomic E-state index is 12.7. The lowest BCUT2D eigenvalue weighted by Crippen LogP contribution is -2.14. The molecule has 0 unspecified atom stereocenters. The number of ether oxygens (including phenoxy) is 1. The Hall–Kier alpha value is -0.940. The van der Waals surface area contributed by atoms with Crippen LogP contribution in [0.5, 0.6) is 5.75 Å². The molecule has 1 fully saturated rings. The molecule has 1 N–H and O–H groups in total. The average molecular weight is 282 g/mol. The van der Waals surface area contributed by atoms with Crippen LogP contribution in [0, 0.1) is 0 Å². The Labute approximate surface area is 110 Å². The second-order valence-electron chi connectivity index (χ2n) is 4.14. The Morgan fingerprint density at radius 3 is 2.50 bits per heavy atom. The minimum atomic E-state index is -4.33. The highest BCUT2D eigenvalue weighted by Crippen LogP contribution is 2.35. The van der Waals surface area contributed by atoms with E-state index in [4.69, 9.17) is 4.74 Å². The topological polar surface area (TPSA) is 21.3 Å². The smallest absolute Gasteiger partial charge is 0.416 e. The summed E-state index contributed by atoms with van der Waals surface area (Å²) in [5.41, 5.74) is -0.00488. The Morgan fingerprint density at radius 1 is 1.28 bits per heavy atom. The van der Waals surface area contributed by atoms with Crippen molar-refractivity contribution in [2.24, 2.45) is 0 Å². The van der Waals surface area contributed by atoms with Gasteiger partial charge in [0.1, 0.15) is 5.75 Å². The lowest BCUT2D eigenvalue weighted by atomic mass is 10.0. The summed E-state index contributed by atoms with van der Waals surface area (Å²) < 4.78 is 43.0. The van der Waals surface area contributed by atoms with Gasteiger partial charge in [0.2, 0.25) is 0 Å². The fraction of sp³-hybridized carbons (Fsp3) is 0.500. The number of alkyl halides is 3. The summed E-state index contributed by atoms with van der Waals surface area (Å²) in [6.45, 7) is 0.850. The monoisotopic (exact) mass is 281 g/mol. The van der Waals surface area contributed by atoms with Crippen LogP contribution in [0.2, 0.25) is 0 Å². The summed E-state index contributed by atoms with van der Waals surface area (Å²) in [7, 11) is 1.38. The minimum absolute atomic E-state index is 0. The van der Waals surface area contributed by atoms with E-state index >= 15 is 0 Å².